The summed E-state index contributed by atoms with van der Waals surface area (Å²) in [5, 5.41) is 2.47. The molecule has 0 radical (unpaired) electrons. The molecule has 1 amide bonds. The van der Waals surface area contributed by atoms with Crippen molar-refractivity contribution in [2.45, 2.75) is 26.3 Å². The van der Waals surface area contributed by atoms with E-state index >= 15 is 0 Å². The van der Waals surface area contributed by atoms with Crippen LogP contribution < -0.4 is 10.1 Å². The van der Waals surface area contributed by atoms with Gasteiger partial charge in [0.25, 0.3) is 5.91 Å². The van der Waals surface area contributed by atoms with Gasteiger partial charge in [0.15, 0.2) is 0 Å². The Morgan fingerprint density at radius 2 is 1.68 bits per heavy atom. The number of ether oxygens (including phenoxy) is 2. The smallest absolute Gasteiger partial charge is 0.467 e. The Labute approximate surface area is 125 Å². The van der Waals surface area contributed by atoms with Crippen LogP contribution in [0.25, 0.3) is 0 Å². The maximum Gasteiger partial charge on any atom is 0.573 e. The number of carbonyl (C=O) groups is 2. The predicted molar refractivity (Wildman–Crippen MR) is 71.2 cm³/mol. The molecule has 0 heterocycles. The fourth-order valence-electron chi connectivity index (χ4n) is 1.66. The minimum atomic E-state index is -4.79. The first kappa shape index (κ1) is 17.8. The number of alkyl halides is 3. The molecule has 122 valence electrons. The van der Waals surface area contributed by atoms with Gasteiger partial charge in [-0.25, -0.2) is 4.79 Å². The maximum absolute atomic E-state index is 12.0. The van der Waals surface area contributed by atoms with Crippen molar-refractivity contribution >= 4 is 11.9 Å². The fraction of sp³-hybridized carbons (Fsp3) is 0.429. The molecule has 0 spiro atoms. The molecule has 0 saturated carbocycles. The molecule has 0 aliphatic carbocycles. The first-order valence-corrected chi connectivity index (χ1v) is 6.38. The van der Waals surface area contributed by atoms with Crippen LogP contribution in [-0.2, 0) is 9.53 Å². The van der Waals surface area contributed by atoms with E-state index in [4.69, 9.17) is 0 Å². The summed E-state index contributed by atoms with van der Waals surface area (Å²) in [6.45, 7) is 3.45. The molecule has 0 bridgehead atoms. The molecule has 1 aromatic carbocycles. The van der Waals surface area contributed by atoms with E-state index in [-0.39, 0.29) is 11.5 Å². The topological polar surface area (TPSA) is 64.6 Å². The Balaban J connectivity index is 2.79. The monoisotopic (exact) mass is 319 g/mol. The molecule has 1 N–H and O–H groups in total. The number of halogens is 3. The van der Waals surface area contributed by atoms with Gasteiger partial charge in [0.2, 0.25) is 0 Å². The Morgan fingerprint density at radius 1 is 1.14 bits per heavy atom. The van der Waals surface area contributed by atoms with Gasteiger partial charge in [-0.2, -0.15) is 0 Å². The fourth-order valence-corrected chi connectivity index (χ4v) is 1.66. The molecule has 0 aliphatic rings. The van der Waals surface area contributed by atoms with Crippen molar-refractivity contribution in [3.8, 4) is 5.75 Å². The highest BCUT2D eigenvalue weighted by molar-refractivity contribution is 5.96. The molecule has 1 unspecified atom stereocenters. The number of nitrogens with one attached hydrogen (secondary N) is 1. The van der Waals surface area contributed by atoms with Crippen LogP contribution in [0.4, 0.5) is 13.2 Å². The summed E-state index contributed by atoms with van der Waals surface area (Å²) in [4.78, 5) is 23.5. The van der Waals surface area contributed by atoms with Gasteiger partial charge >= 0.3 is 12.3 Å². The second-order valence-corrected chi connectivity index (χ2v) is 4.79. The highest BCUT2D eigenvalue weighted by Gasteiger charge is 2.31. The Hall–Kier alpha value is -2.25. The lowest BCUT2D eigenvalue weighted by Crippen LogP contribution is -2.45. The highest BCUT2D eigenvalue weighted by atomic mass is 19.4. The van der Waals surface area contributed by atoms with E-state index in [1.165, 1.54) is 19.2 Å². The number of carbonyl (C=O) groups excluding carboxylic acids is 2. The summed E-state index contributed by atoms with van der Waals surface area (Å²) in [6, 6.07) is 3.54. The van der Waals surface area contributed by atoms with E-state index in [0.717, 1.165) is 12.1 Å². The lowest BCUT2D eigenvalue weighted by molar-refractivity contribution is -0.274. The molecule has 1 aromatic rings. The molecule has 5 nitrogen and oxygen atoms in total. The van der Waals surface area contributed by atoms with Gasteiger partial charge in [-0.15, -0.1) is 13.2 Å². The average Bonchev–Trinajstić information content (AvgIpc) is 2.42. The number of esters is 1. The maximum atomic E-state index is 12.0. The third-order valence-corrected chi connectivity index (χ3v) is 2.76. The number of hydrogen-bond acceptors (Lipinski definition) is 4. The zero-order valence-corrected chi connectivity index (χ0v) is 12.2. The van der Waals surface area contributed by atoms with E-state index in [1.54, 1.807) is 13.8 Å². The number of rotatable bonds is 5. The summed E-state index contributed by atoms with van der Waals surface area (Å²) in [5.41, 5.74) is 0.101. The van der Waals surface area contributed by atoms with Crippen LogP contribution in [0.2, 0.25) is 0 Å². The van der Waals surface area contributed by atoms with Crippen molar-refractivity contribution in [3.05, 3.63) is 29.8 Å². The minimum absolute atomic E-state index is 0.101. The quantitative estimate of drug-likeness (QED) is 0.847. The van der Waals surface area contributed by atoms with Crippen molar-refractivity contribution in [1.82, 2.24) is 5.32 Å². The SMILES string of the molecule is COC(=O)C(NC(=O)c1ccc(OC(F)(F)F)cc1)C(C)C. The van der Waals surface area contributed by atoms with Gasteiger partial charge in [0, 0.05) is 5.56 Å². The molecule has 0 saturated heterocycles. The number of methoxy groups -OCH3 is 1. The average molecular weight is 319 g/mol. The van der Waals surface area contributed by atoms with Crippen LogP contribution in [0.1, 0.15) is 24.2 Å². The van der Waals surface area contributed by atoms with E-state index < -0.39 is 30.0 Å². The molecule has 1 rings (SSSR count). The van der Waals surface area contributed by atoms with Crippen molar-refractivity contribution < 1.29 is 32.2 Å². The largest absolute Gasteiger partial charge is 0.573 e. The third kappa shape index (κ3) is 5.27. The number of benzene rings is 1. The summed E-state index contributed by atoms with van der Waals surface area (Å²) in [5.74, 6) is -1.83. The predicted octanol–water partition coefficient (Wildman–Crippen LogP) is 2.51. The van der Waals surface area contributed by atoms with Gasteiger partial charge in [0.1, 0.15) is 11.8 Å². The molecule has 0 fully saturated rings. The Kier molecular flexibility index (Phi) is 5.78. The van der Waals surface area contributed by atoms with E-state index in [0.29, 0.717) is 0 Å². The Morgan fingerprint density at radius 3 is 2.09 bits per heavy atom. The van der Waals surface area contributed by atoms with Gasteiger partial charge in [-0.3, -0.25) is 4.79 Å². The molecule has 8 heteroatoms. The van der Waals surface area contributed by atoms with E-state index in [9.17, 15) is 22.8 Å². The number of amides is 1. The van der Waals surface area contributed by atoms with Gasteiger partial charge in [-0.05, 0) is 30.2 Å². The first-order chi connectivity index (χ1) is 10.1. The summed E-state index contributed by atoms with van der Waals surface area (Å²) < 4.78 is 44.4. The van der Waals surface area contributed by atoms with E-state index in [2.05, 4.69) is 14.8 Å². The minimum Gasteiger partial charge on any atom is -0.467 e. The number of hydrogen-bond donors (Lipinski definition) is 1. The van der Waals surface area contributed by atoms with Crippen molar-refractivity contribution in [1.29, 1.82) is 0 Å². The normalized spacial score (nSPS) is 12.7. The van der Waals surface area contributed by atoms with Crippen LogP contribution in [0, 0.1) is 5.92 Å². The van der Waals surface area contributed by atoms with Crippen LogP contribution in [0.5, 0.6) is 5.75 Å². The van der Waals surface area contributed by atoms with Crippen LogP contribution >= 0.6 is 0 Å². The molecular formula is C14H16F3NO4. The second-order valence-electron chi connectivity index (χ2n) is 4.79. The summed E-state index contributed by atoms with van der Waals surface area (Å²) in [7, 11) is 1.20. The Bertz CT molecular complexity index is 526. The van der Waals surface area contributed by atoms with Crippen molar-refractivity contribution in [2.24, 2.45) is 5.92 Å². The van der Waals surface area contributed by atoms with Crippen LogP contribution in [0.15, 0.2) is 24.3 Å². The van der Waals surface area contributed by atoms with Crippen LogP contribution in [-0.4, -0.2) is 31.4 Å². The van der Waals surface area contributed by atoms with Crippen molar-refractivity contribution in [2.75, 3.05) is 7.11 Å². The summed E-state index contributed by atoms with van der Waals surface area (Å²) in [6.07, 6.45) is -4.79. The lowest BCUT2D eigenvalue weighted by Gasteiger charge is -2.19. The molecule has 22 heavy (non-hydrogen) atoms. The second kappa shape index (κ2) is 7.15. The van der Waals surface area contributed by atoms with Crippen molar-refractivity contribution in [3.63, 3.8) is 0 Å². The zero-order valence-electron chi connectivity index (χ0n) is 12.2. The first-order valence-electron chi connectivity index (χ1n) is 6.38. The highest BCUT2D eigenvalue weighted by Crippen LogP contribution is 2.22. The zero-order chi connectivity index (χ0) is 16.9. The molecule has 0 aromatic heterocycles. The third-order valence-electron chi connectivity index (χ3n) is 2.76. The van der Waals surface area contributed by atoms with Gasteiger partial charge in [-0.1, -0.05) is 13.8 Å². The summed E-state index contributed by atoms with van der Waals surface area (Å²) >= 11 is 0. The van der Waals surface area contributed by atoms with Gasteiger partial charge < -0.3 is 14.8 Å². The molecule has 0 aliphatic heterocycles. The lowest BCUT2D eigenvalue weighted by atomic mass is 10.0. The van der Waals surface area contributed by atoms with Gasteiger partial charge in [0.05, 0.1) is 7.11 Å². The molecular weight excluding hydrogens is 303 g/mol. The van der Waals surface area contributed by atoms with E-state index in [1.807, 2.05) is 0 Å². The standard InChI is InChI=1S/C14H16F3NO4/c1-8(2)11(13(20)21-3)18-12(19)9-4-6-10(7-5-9)22-14(15,16)17/h4-8,11H,1-3H3,(H,18,19). The molecule has 1 atom stereocenters. The van der Waals surface area contributed by atoms with Crippen LogP contribution in [0.3, 0.4) is 0 Å².